The Labute approximate surface area is 106 Å². The minimum atomic E-state index is 0.147. The quantitative estimate of drug-likeness (QED) is 0.467. The molecule has 17 heavy (non-hydrogen) atoms. The molecule has 104 valence electrons. The molecular formula is C12H29N3O2. The van der Waals surface area contributed by atoms with Crippen molar-refractivity contribution in [2.45, 2.75) is 12.5 Å². The summed E-state index contributed by atoms with van der Waals surface area (Å²) in [6.45, 7) is 5.65. The van der Waals surface area contributed by atoms with Crippen LogP contribution in [0.4, 0.5) is 0 Å². The van der Waals surface area contributed by atoms with Crippen molar-refractivity contribution in [2.75, 3.05) is 67.6 Å². The van der Waals surface area contributed by atoms with Gasteiger partial charge in [-0.05, 0) is 33.6 Å². The van der Waals surface area contributed by atoms with Crippen molar-refractivity contribution in [1.29, 1.82) is 0 Å². The Hall–Kier alpha value is -0.200. The Bertz CT molecular complexity index is 157. The summed E-state index contributed by atoms with van der Waals surface area (Å²) in [6, 6.07) is 0. The maximum absolute atomic E-state index is 5.25. The van der Waals surface area contributed by atoms with Gasteiger partial charge in [0.2, 0.25) is 0 Å². The standard InChI is InChI=1S/C12H29N3O2/c1-15(2)9-5-6-13-7-8-14-10-12(17-4)11-16-3/h12-14H,5-11H2,1-4H3. The van der Waals surface area contributed by atoms with Gasteiger partial charge in [-0.25, -0.2) is 0 Å². The highest BCUT2D eigenvalue weighted by molar-refractivity contribution is 4.61. The van der Waals surface area contributed by atoms with Crippen LogP contribution in [-0.2, 0) is 9.47 Å². The summed E-state index contributed by atoms with van der Waals surface area (Å²) in [4.78, 5) is 2.20. The van der Waals surface area contributed by atoms with E-state index in [0.29, 0.717) is 6.61 Å². The molecule has 1 unspecified atom stereocenters. The first-order valence-electron chi connectivity index (χ1n) is 6.28. The summed E-state index contributed by atoms with van der Waals surface area (Å²) in [5.41, 5.74) is 0. The summed E-state index contributed by atoms with van der Waals surface area (Å²) in [6.07, 6.45) is 1.34. The Morgan fingerprint density at radius 1 is 1.06 bits per heavy atom. The fourth-order valence-electron chi connectivity index (χ4n) is 1.48. The Morgan fingerprint density at radius 3 is 2.35 bits per heavy atom. The van der Waals surface area contributed by atoms with Crippen LogP contribution in [0.5, 0.6) is 0 Å². The van der Waals surface area contributed by atoms with E-state index in [1.807, 2.05) is 0 Å². The number of methoxy groups -OCH3 is 2. The monoisotopic (exact) mass is 247 g/mol. The van der Waals surface area contributed by atoms with Crippen LogP contribution in [0.2, 0.25) is 0 Å². The highest BCUT2D eigenvalue weighted by Crippen LogP contribution is 1.87. The first-order chi connectivity index (χ1) is 8.20. The summed E-state index contributed by atoms with van der Waals surface area (Å²) in [5, 5.41) is 6.75. The molecule has 0 aliphatic carbocycles. The zero-order valence-corrected chi connectivity index (χ0v) is 11.8. The fraction of sp³-hybridized carbons (Fsp3) is 1.00. The molecule has 0 amide bonds. The van der Waals surface area contributed by atoms with E-state index in [-0.39, 0.29) is 6.10 Å². The maximum atomic E-state index is 5.25. The maximum Gasteiger partial charge on any atom is 0.0928 e. The molecule has 0 aliphatic heterocycles. The van der Waals surface area contributed by atoms with Crippen LogP contribution in [-0.4, -0.2) is 78.6 Å². The minimum Gasteiger partial charge on any atom is -0.382 e. The predicted octanol–water partition coefficient (Wildman–Crippen LogP) is -0.221. The van der Waals surface area contributed by atoms with Gasteiger partial charge in [0.15, 0.2) is 0 Å². The third kappa shape index (κ3) is 12.1. The number of ether oxygens (including phenoxy) is 2. The van der Waals surface area contributed by atoms with Crippen molar-refractivity contribution in [3.05, 3.63) is 0 Å². The molecule has 0 spiro atoms. The van der Waals surface area contributed by atoms with Crippen LogP contribution in [0.25, 0.3) is 0 Å². The second-order valence-corrected chi connectivity index (χ2v) is 4.42. The SMILES string of the molecule is COCC(CNCCNCCCN(C)C)OC. The first-order valence-corrected chi connectivity index (χ1v) is 6.28. The van der Waals surface area contributed by atoms with Crippen molar-refractivity contribution >= 4 is 0 Å². The van der Waals surface area contributed by atoms with Crippen molar-refractivity contribution in [1.82, 2.24) is 15.5 Å². The second-order valence-electron chi connectivity index (χ2n) is 4.42. The lowest BCUT2D eigenvalue weighted by Gasteiger charge is -2.15. The van der Waals surface area contributed by atoms with Crippen LogP contribution in [0, 0.1) is 0 Å². The molecular weight excluding hydrogens is 218 g/mol. The molecule has 0 heterocycles. The highest BCUT2D eigenvalue weighted by atomic mass is 16.5. The Balaban J connectivity index is 3.17. The highest BCUT2D eigenvalue weighted by Gasteiger charge is 2.04. The van der Waals surface area contributed by atoms with Crippen molar-refractivity contribution in [2.24, 2.45) is 0 Å². The zero-order chi connectivity index (χ0) is 12.9. The Kier molecular flexibility index (Phi) is 12.1. The lowest BCUT2D eigenvalue weighted by molar-refractivity contribution is 0.0291. The van der Waals surface area contributed by atoms with Crippen LogP contribution in [0.3, 0.4) is 0 Å². The summed E-state index contributed by atoms with van der Waals surface area (Å²) < 4.78 is 10.3. The number of nitrogens with one attached hydrogen (secondary N) is 2. The van der Waals surface area contributed by atoms with E-state index in [2.05, 4.69) is 29.6 Å². The van der Waals surface area contributed by atoms with E-state index in [1.54, 1.807) is 14.2 Å². The average molecular weight is 247 g/mol. The van der Waals surface area contributed by atoms with E-state index >= 15 is 0 Å². The lowest BCUT2D eigenvalue weighted by Crippen LogP contribution is -2.36. The topological polar surface area (TPSA) is 45.8 Å². The van der Waals surface area contributed by atoms with E-state index in [1.165, 1.54) is 6.42 Å². The third-order valence-electron chi connectivity index (χ3n) is 2.50. The molecule has 0 aliphatic rings. The van der Waals surface area contributed by atoms with E-state index in [9.17, 15) is 0 Å². The van der Waals surface area contributed by atoms with Gasteiger partial charge >= 0.3 is 0 Å². The largest absolute Gasteiger partial charge is 0.382 e. The molecule has 0 aromatic heterocycles. The molecule has 1 atom stereocenters. The minimum absolute atomic E-state index is 0.147. The molecule has 0 rings (SSSR count). The van der Waals surface area contributed by atoms with Gasteiger partial charge in [-0.2, -0.15) is 0 Å². The average Bonchev–Trinajstić information content (AvgIpc) is 2.30. The molecule has 0 saturated carbocycles. The van der Waals surface area contributed by atoms with Gasteiger partial charge in [-0.3, -0.25) is 0 Å². The number of hydrogen-bond acceptors (Lipinski definition) is 5. The number of nitrogens with zero attached hydrogens (tertiary/aromatic N) is 1. The summed E-state index contributed by atoms with van der Waals surface area (Å²) >= 11 is 0. The molecule has 5 heteroatoms. The first kappa shape index (κ1) is 16.8. The lowest BCUT2D eigenvalue weighted by atomic mass is 10.3. The molecule has 0 radical (unpaired) electrons. The van der Waals surface area contributed by atoms with E-state index in [4.69, 9.17) is 9.47 Å². The zero-order valence-electron chi connectivity index (χ0n) is 11.8. The molecule has 0 saturated heterocycles. The summed E-state index contributed by atoms with van der Waals surface area (Å²) in [7, 11) is 7.60. The molecule has 2 N–H and O–H groups in total. The van der Waals surface area contributed by atoms with Crippen LogP contribution >= 0.6 is 0 Å². The predicted molar refractivity (Wildman–Crippen MR) is 71.6 cm³/mol. The molecule has 5 nitrogen and oxygen atoms in total. The van der Waals surface area contributed by atoms with Crippen molar-refractivity contribution in [3.8, 4) is 0 Å². The van der Waals surface area contributed by atoms with Gasteiger partial charge < -0.3 is 25.0 Å². The normalized spacial score (nSPS) is 13.2. The van der Waals surface area contributed by atoms with Crippen molar-refractivity contribution in [3.63, 3.8) is 0 Å². The number of rotatable bonds is 12. The van der Waals surface area contributed by atoms with E-state index < -0.39 is 0 Å². The van der Waals surface area contributed by atoms with Crippen LogP contribution in [0.1, 0.15) is 6.42 Å². The fourth-order valence-corrected chi connectivity index (χ4v) is 1.48. The van der Waals surface area contributed by atoms with Crippen LogP contribution < -0.4 is 10.6 Å². The number of hydrogen-bond donors (Lipinski definition) is 2. The van der Waals surface area contributed by atoms with Gasteiger partial charge in [0.05, 0.1) is 12.7 Å². The van der Waals surface area contributed by atoms with E-state index in [0.717, 1.165) is 32.7 Å². The molecule has 0 aromatic carbocycles. The molecule has 0 bridgehead atoms. The second kappa shape index (κ2) is 12.3. The van der Waals surface area contributed by atoms with Gasteiger partial charge in [0.1, 0.15) is 0 Å². The van der Waals surface area contributed by atoms with Crippen LogP contribution in [0.15, 0.2) is 0 Å². The smallest absolute Gasteiger partial charge is 0.0928 e. The Morgan fingerprint density at radius 2 is 1.76 bits per heavy atom. The molecule has 0 fully saturated rings. The summed E-state index contributed by atoms with van der Waals surface area (Å²) in [5.74, 6) is 0. The molecule has 0 aromatic rings. The third-order valence-corrected chi connectivity index (χ3v) is 2.50. The van der Waals surface area contributed by atoms with Gasteiger partial charge in [-0.1, -0.05) is 0 Å². The van der Waals surface area contributed by atoms with Gasteiger partial charge in [0, 0.05) is 33.9 Å². The van der Waals surface area contributed by atoms with Gasteiger partial charge in [0.25, 0.3) is 0 Å². The van der Waals surface area contributed by atoms with Gasteiger partial charge in [-0.15, -0.1) is 0 Å². The van der Waals surface area contributed by atoms with Crippen molar-refractivity contribution < 1.29 is 9.47 Å².